The number of pyridine rings is 1. The molecule has 2 fully saturated rings. The van der Waals surface area contributed by atoms with Gasteiger partial charge in [0.25, 0.3) is 0 Å². The Labute approximate surface area is 173 Å². The largest absolute Gasteiger partial charge is 0.373 e. The van der Waals surface area contributed by atoms with E-state index < -0.39 is 0 Å². The Hall–Kier alpha value is -2.29. The number of H-pyrrole nitrogens is 1. The van der Waals surface area contributed by atoms with Crippen molar-refractivity contribution >= 4 is 27.4 Å². The van der Waals surface area contributed by atoms with Gasteiger partial charge in [0.15, 0.2) is 5.43 Å². The minimum Gasteiger partial charge on any atom is -0.373 e. The van der Waals surface area contributed by atoms with Crippen molar-refractivity contribution in [2.45, 2.75) is 37.8 Å². The van der Waals surface area contributed by atoms with Crippen LogP contribution in [0.5, 0.6) is 0 Å². The first kappa shape index (κ1) is 18.7. The lowest BCUT2D eigenvalue weighted by Gasteiger charge is -2.36. The van der Waals surface area contributed by atoms with Gasteiger partial charge in [-0.05, 0) is 56.3 Å². The van der Waals surface area contributed by atoms with Crippen molar-refractivity contribution < 1.29 is 4.74 Å². The first-order valence-corrected chi connectivity index (χ1v) is 10.9. The number of aromatic amines is 1. The molecule has 3 aromatic rings. The van der Waals surface area contributed by atoms with Gasteiger partial charge >= 0.3 is 0 Å². The van der Waals surface area contributed by atoms with Gasteiger partial charge in [-0.1, -0.05) is 0 Å². The highest BCUT2D eigenvalue weighted by Gasteiger charge is 2.42. The van der Waals surface area contributed by atoms with Gasteiger partial charge in [0.05, 0.1) is 29.2 Å². The average molecular weight is 412 g/mol. The lowest BCUT2D eigenvalue weighted by Crippen LogP contribution is -2.42. The normalized spacial score (nSPS) is 21.8. The number of likely N-dealkylation sites (tertiary alicyclic amines) is 1. The molecule has 5 rings (SSSR count). The van der Waals surface area contributed by atoms with Crippen molar-refractivity contribution in [2.24, 2.45) is 0 Å². The molecule has 29 heavy (non-hydrogen) atoms. The lowest BCUT2D eigenvalue weighted by molar-refractivity contribution is -0.0391. The van der Waals surface area contributed by atoms with E-state index in [9.17, 15) is 4.79 Å². The van der Waals surface area contributed by atoms with Crippen LogP contribution in [0, 0.1) is 6.92 Å². The van der Waals surface area contributed by atoms with Crippen molar-refractivity contribution in [1.29, 1.82) is 0 Å². The van der Waals surface area contributed by atoms with Gasteiger partial charge in [0, 0.05) is 19.3 Å². The highest BCUT2D eigenvalue weighted by molar-refractivity contribution is 7.16. The van der Waals surface area contributed by atoms with E-state index in [2.05, 4.69) is 32.4 Å². The second kappa shape index (κ2) is 7.19. The number of aryl methyl sites for hydroxylation is 1. The molecule has 0 aliphatic carbocycles. The summed E-state index contributed by atoms with van der Waals surface area (Å²) in [4.78, 5) is 19.2. The summed E-state index contributed by atoms with van der Waals surface area (Å²) in [6.45, 7) is 4.84. The maximum Gasteiger partial charge on any atom is 0.199 e. The van der Waals surface area contributed by atoms with Gasteiger partial charge in [0.2, 0.25) is 0 Å². The number of anilines is 1. The van der Waals surface area contributed by atoms with Crippen LogP contribution in [0.15, 0.2) is 28.5 Å². The highest BCUT2D eigenvalue weighted by atomic mass is 32.1. The van der Waals surface area contributed by atoms with Gasteiger partial charge in [-0.15, -0.1) is 21.5 Å². The molecule has 7 nitrogen and oxygen atoms in total. The third kappa shape index (κ3) is 3.45. The third-order valence-electron chi connectivity index (χ3n) is 6.20. The molecule has 0 saturated carbocycles. The fourth-order valence-electron chi connectivity index (χ4n) is 4.47. The van der Waals surface area contributed by atoms with E-state index in [0.29, 0.717) is 23.3 Å². The van der Waals surface area contributed by atoms with E-state index in [1.54, 1.807) is 6.20 Å². The fraction of sp³-hybridized carbons (Fsp3) is 0.476. The molecular weight excluding hydrogens is 386 g/mol. The zero-order valence-electron chi connectivity index (χ0n) is 16.7. The monoisotopic (exact) mass is 411 g/mol. The summed E-state index contributed by atoms with van der Waals surface area (Å²) in [5.74, 6) is 0.734. The summed E-state index contributed by atoms with van der Waals surface area (Å²) in [6, 6.07) is 4.06. The zero-order valence-corrected chi connectivity index (χ0v) is 17.5. The number of nitrogens with zero attached hydrogens (tertiary/aromatic N) is 3. The van der Waals surface area contributed by atoms with Crippen LogP contribution in [-0.4, -0.2) is 58.5 Å². The van der Waals surface area contributed by atoms with Crippen LogP contribution in [0.3, 0.4) is 0 Å². The van der Waals surface area contributed by atoms with Gasteiger partial charge < -0.3 is 19.9 Å². The zero-order chi connectivity index (χ0) is 20.0. The molecule has 2 aliphatic rings. The van der Waals surface area contributed by atoms with Gasteiger partial charge in [-0.3, -0.25) is 4.79 Å². The Kier molecular flexibility index (Phi) is 4.64. The SMILES string of the molecule is Cc1cc(NC2COC3(CCN(C)CC3)C2)nnc1-c1c[nH]c2sccc2c1=O. The maximum absolute atomic E-state index is 12.8. The van der Waals surface area contributed by atoms with Crippen LogP contribution in [0.4, 0.5) is 5.82 Å². The predicted octanol–water partition coefficient (Wildman–Crippen LogP) is 3.02. The van der Waals surface area contributed by atoms with E-state index in [0.717, 1.165) is 48.6 Å². The fourth-order valence-corrected chi connectivity index (χ4v) is 5.22. The molecule has 2 aliphatic heterocycles. The Morgan fingerprint density at radius 1 is 1.34 bits per heavy atom. The van der Waals surface area contributed by atoms with E-state index >= 15 is 0 Å². The summed E-state index contributed by atoms with van der Waals surface area (Å²) in [7, 11) is 2.17. The molecule has 2 saturated heterocycles. The Morgan fingerprint density at radius 2 is 2.17 bits per heavy atom. The second-order valence-corrected chi connectivity index (χ2v) is 9.21. The standard InChI is InChI=1S/C21H25N5O2S/c1-13-9-17(23-14-10-21(28-12-14)4-6-26(2)7-5-21)24-25-18(13)16-11-22-20-15(19(16)27)3-8-29-20/h3,8-9,11,14H,4-7,10,12H2,1-2H3,(H,22,27)(H,23,24). The van der Waals surface area contributed by atoms with Crippen LogP contribution in [0.1, 0.15) is 24.8 Å². The molecular formula is C21H25N5O2S. The summed E-state index contributed by atoms with van der Waals surface area (Å²) < 4.78 is 6.21. The number of thiophene rings is 1. The van der Waals surface area contributed by atoms with Crippen molar-refractivity contribution in [2.75, 3.05) is 32.1 Å². The molecule has 0 aromatic carbocycles. The number of ether oxygens (including phenoxy) is 1. The van der Waals surface area contributed by atoms with Crippen molar-refractivity contribution in [1.82, 2.24) is 20.1 Å². The topological polar surface area (TPSA) is 83.1 Å². The molecule has 0 amide bonds. The highest BCUT2D eigenvalue weighted by Crippen LogP contribution is 2.36. The average Bonchev–Trinajstić information content (AvgIpc) is 3.34. The Bertz CT molecular complexity index is 1100. The summed E-state index contributed by atoms with van der Waals surface area (Å²) in [5.41, 5.74) is 2.11. The van der Waals surface area contributed by atoms with Gasteiger partial charge in [0.1, 0.15) is 16.3 Å². The summed E-state index contributed by atoms with van der Waals surface area (Å²) in [6.07, 6.45) is 4.90. The minimum absolute atomic E-state index is 0.00786. The van der Waals surface area contributed by atoms with Crippen molar-refractivity contribution in [3.63, 3.8) is 0 Å². The first-order chi connectivity index (χ1) is 14.0. The van der Waals surface area contributed by atoms with Crippen LogP contribution in [0.25, 0.3) is 21.5 Å². The van der Waals surface area contributed by atoms with E-state index in [4.69, 9.17) is 4.74 Å². The molecule has 2 N–H and O–H groups in total. The van der Waals surface area contributed by atoms with E-state index in [-0.39, 0.29) is 17.1 Å². The molecule has 0 radical (unpaired) electrons. The number of hydrogen-bond acceptors (Lipinski definition) is 7. The maximum atomic E-state index is 12.8. The number of aromatic nitrogens is 3. The third-order valence-corrected chi connectivity index (χ3v) is 7.05. The van der Waals surface area contributed by atoms with Gasteiger partial charge in [-0.2, -0.15) is 0 Å². The second-order valence-electron chi connectivity index (χ2n) is 8.30. The molecule has 0 bridgehead atoms. The minimum atomic E-state index is -0.00786. The molecule has 3 aromatic heterocycles. The first-order valence-electron chi connectivity index (χ1n) is 10.1. The van der Waals surface area contributed by atoms with Crippen LogP contribution in [0.2, 0.25) is 0 Å². The molecule has 1 spiro atoms. The quantitative estimate of drug-likeness (QED) is 0.689. The Balaban J connectivity index is 1.34. The molecule has 5 heterocycles. The van der Waals surface area contributed by atoms with Crippen LogP contribution >= 0.6 is 11.3 Å². The number of nitrogens with one attached hydrogen (secondary N) is 2. The van der Waals surface area contributed by atoms with Gasteiger partial charge in [-0.25, -0.2) is 0 Å². The molecule has 1 unspecified atom stereocenters. The van der Waals surface area contributed by atoms with Crippen molar-refractivity contribution in [3.05, 3.63) is 39.5 Å². The molecule has 1 atom stereocenters. The Morgan fingerprint density at radius 3 is 2.97 bits per heavy atom. The smallest absolute Gasteiger partial charge is 0.199 e. The summed E-state index contributed by atoms with van der Waals surface area (Å²) >= 11 is 1.52. The van der Waals surface area contributed by atoms with Crippen LogP contribution < -0.4 is 10.7 Å². The lowest BCUT2D eigenvalue weighted by atomic mass is 9.87. The summed E-state index contributed by atoms with van der Waals surface area (Å²) in [5, 5.41) is 14.8. The predicted molar refractivity (Wildman–Crippen MR) is 116 cm³/mol. The van der Waals surface area contributed by atoms with Crippen LogP contribution in [-0.2, 0) is 4.74 Å². The molecule has 8 heteroatoms. The number of hydrogen-bond donors (Lipinski definition) is 2. The number of rotatable bonds is 3. The van der Waals surface area contributed by atoms with E-state index in [1.165, 1.54) is 11.3 Å². The number of piperidine rings is 1. The van der Waals surface area contributed by atoms with Crippen molar-refractivity contribution in [3.8, 4) is 11.3 Å². The molecule has 152 valence electrons. The van der Waals surface area contributed by atoms with E-state index in [1.807, 2.05) is 24.4 Å². The number of fused-ring (bicyclic) bond motifs is 1.